The summed E-state index contributed by atoms with van der Waals surface area (Å²) in [5.41, 5.74) is 4.18. The Balaban J connectivity index is 2.22. The van der Waals surface area contributed by atoms with Crippen molar-refractivity contribution in [1.29, 1.82) is 0 Å². The summed E-state index contributed by atoms with van der Waals surface area (Å²) in [5, 5.41) is 0. The van der Waals surface area contributed by atoms with Gasteiger partial charge >= 0.3 is 6.36 Å². The molecule has 2 N–H and O–H groups in total. The molecule has 2 rings (SSSR count). The second-order valence-corrected chi connectivity index (χ2v) is 4.54. The number of rotatable bonds is 2. The molecule has 2 unspecified atom stereocenters. The molecule has 1 aliphatic carbocycles. The third kappa shape index (κ3) is 2.93. The summed E-state index contributed by atoms with van der Waals surface area (Å²) < 4.78 is 54.5. The molecule has 2 atom stereocenters. The molecule has 0 aromatic heterocycles. The van der Waals surface area contributed by atoms with E-state index in [0.29, 0.717) is 6.42 Å². The van der Waals surface area contributed by atoms with E-state index in [4.69, 9.17) is 5.73 Å². The average molecular weight is 263 g/mol. The van der Waals surface area contributed by atoms with E-state index in [1.807, 2.05) is 0 Å². The Hall–Kier alpha value is -1.30. The monoisotopic (exact) mass is 263 g/mol. The van der Waals surface area contributed by atoms with Crippen molar-refractivity contribution in [2.24, 2.45) is 5.73 Å². The summed E-state index contributed by atoms with van der Waals surface area (Å²) in [4.78, 5) is 0. The van der Waals surface area contributed by atoms with Crippen LogP contribution in [0.2, 0.25) is 0 Å². The Morgan fingerprint density at radius 2 is 2.06 bits per heavy atom. The highest BCUT2D eigenvalue weighted by Gasteiger charge is 2.40. The van der Waals surface area contributed by atoms with E-state index < -0.39 is 17.8 Å². The Labute approximate surface area is 102 Å². The molecule has 6 heteroatoms. The van der Waals surface area contributed by atoms with Gasteiger partial charge < -0.3 is 10.5 Å². The van der Waals surface area contributed by atoms with Crippen molar-refractivity contribution in [1.82, 2.24) is 0 Å². The van der Waals surface area contributed by atoms with E-state index in [1.165, 1.54) is 12.1 Å². The van der Waals surface area contributed by atoms with Crippen molar-refractivity contribution in [2.45, 2.75) is 37.3 Å². The lowest BCUT2D eigenvalue weighted by Gasteiger charge is -2.20. The van der Waals surface area contributed by atoms with Gasteiger partial charge in [-0.2, -0.15) is 0 Å². The molecular formula is C12H13F4NO. The topological polar surface area (TPSA) is 35.2 Å². The Morgan fingerprint density at radius 1 is 1.33 bits per heavy atom. The molecule has 1 aromatic rings. The minimum Gasteiger partial charge on any atom is -0.406 e. The van der Waals surface area contributed by atoms with Gasteiger partial charge in [0, 0.05) is 12.5 Å². The van der Waals surface area contributed by atoms with E-state index in [-0.39, 0.29) is 24.4 Å². The van der Waals surface area contributed by atoms with E-state index >= 15 is 0 Å². The van der Waals surface area contributed by atoms with Gasteiger partial charge in [0.15, 0.2) is 0 Å². The number of alkyl halides is 4. The lowest BCUT2D eigenvalue weighted by atomic mass is 9.94. The Morgan fingerprint density at radius 3 is 2.61 bits per heavy atom. The Bertz CT molecular complexity index is 434. The van der Waals surface area contributed by atoms with Crippen molar-refractivity contribution in [3.8, 4) is 5.75 Å². The maximum absolute atomic E-state index is 14.5. The van der Waals surface area contributed by atoms with E-state index in [9.17, 15) is 17.6 Å². The number of benzene rings is 1. The molecule has 0 aliphatic heterocycles. The molecule has 18 heavy (non-hydrogen) atoms. The predicted molar refractivity (Wildman–Crippen MR) is 57.7 cm³/mol. The van der Waals surface area contributed by atoms with Gasteiger partial charge in [0.1, 0.15) is 11.4 Å². The standard InChI is InChI=1S/C12H13F4NO/c13-11(5-4-9(17)7-11)8-2-1-3-10(6-8)18-12(14,15)16/h1-3,6,9H,4-5,7,17H2. The molecule has 0 spiro atoms. The first kappa shape index (κ1) is 13.1. The van der Waals surface area contributed by atoms with Crippen LogP contribution < -0.4 is 10.5 Å². The zero-order chi connectivity index (χ0) is 13.4. The minimum atomic E-state index is -4.77. The van der Waals surface area contributed by atoms with Crippen LogP contribution in [0.15, 0.2) is 24.3 Å². The van der Waals surface area contributed by atoms with Crippen LogP contribution in [0.3, 0.4) is 0 Å². The number of ether oxygens (including phenoxy) is 1. The zero-order valence-electron chi connectivity index (χ0n) is 9.51. The SMILES string of the molecule is NC1CCC(F)(c2cccc(OC(F)(F)F)c2)C1. The fourth-order valence-corrected chi connectivity index (χ4v) is 2.27. The molecule has 1 aromatic carbocycles. The fourth-order valence-electron chi connectivity index (χ4n) is 2.27. The van der Waals surface area contributed by atoms with Crippen LogP contribution in [0.25, 0.3) is 0 Å². The first-order valence-electron chi connectivity index (χ1n) is 5.59. The van der Waals surface area contributed by atoms with Crippen molar-refractivity contribution < 1.29 is 22.3 Å². The van der Waals surface area contributed by atoms with Crippen LogP contribution >= 0.6 is 0 Å². The maximum atomic E-state index is 14.5. The smallest absolute Gasteiger partial charge is 0.406 e. The first-order valence-corrected chi connectivity index (χ1v) is 5.59. The molecule has 1 aliphatic rings. The largest absolute Gasteiger partial charge is 0.573 e. The molecular weight excluding hydrogens is 250 g/mol. The molecule has 0 bridgehead atoms. The zero-order valence-corrected chi connectivity index (χ0v) is 9.51. The summed E-state index contributed by atoms with van der Waals surface area (Å²) >= 11 is 0. The van der Waals surface area contributed by atoms with E-state index in [1.54, 1.807) is 0 Å². The first-order chi connectivity index (χ1) is 8.28. The van der Waals surface area contributed by atoms with Crippen LogP contribution in [0.4, 0.5) is 17.6 Å². The molecule has 2 nitrogen and oxygen atoms in total. The summed E-state index contributed by atoms with van der Waals surface area (Å²) in [6.07, 6.45) is -3.89. The van der Waals surface area contributed by atoms with Gasteiger partial charge in [0.05, 0.1) is 0 Å². The maximum Gasteiger partial charge on any atom is 0.573 e. The highest BCUT2D eigenvalue weighted by atomic mass is 19.4. The number of nitrogens with two attached hydrogens (primary N) is 1. The van der Waals surface area contributed by atoms with Crippen LogP contribution in [0.1, 0.15) is 24.8 Å². The number of halogens is 4. The second-order valence-electron chi connectivity index (χ2n) is 4.54. The van der Waals surface area contributed by atoms with Crippen molar-refractivity contribution in [2.75, 3.05) is 0 Å². The van der Waals surface area contributed by atoms with E-state index in [0.717, 1.165) is 12.1 Å². The molecule has 0 amide bonds. The van der Waals surface area contributed by atoms with Crippen molar-refractivity contribution in [3.05, 3.63) is 29.8 Å². The summed E-state index contributed by atoms with van der Waals surface area (Å²) in [6, 6.07) is 4.80. The molecule has 100 valence electrons. The second kappa shape index (κ2) is 4.42. The number of hydrogen-bond donors (Lipinski definition) is 1. The van der Waals surface area contributed by atoms with Crippen LogP contribution in [-0.4, -0.2) is 12.4 Å². The molecule has 0 radical (unpaired) electrons. The fraction of sp³-hybridized carbons (Fsp3) is 0.500. The highest BCUT2D eigenvalue weighted by Crippen LogP contribution is 2.42. The quantitative estimate of drug-likeness (QED) is 0.831. The third-order valence-corrected chi connectivity index (χ3v) is 3.08. The lowest BCUT2D eigenvalue weighted by Crippen LogP contribution is -2.22. The summed E-state index contributed by atoms with van der Waals surface area (Å²) in [7, 11) is 0. The normalized spacial score (nSPS) is 28.4. The van der Waals surface area contributed by atoms with Gasteiger partial charge in [-0.3, -0.25) is 0 Å². The third-order valence-electron chi connectivity index (χ3n) is 3.08. The van der Waals surface area contributed by atoms with Crippen molar-refractivity contribution >= 4 is 0 Å². The van der Waals surface area contributed by atoms with Crippen LogP contribution in [0.5, 0.6) is 5.75 Å². The molecule has 1 saturated carbocycles. The summed E-state index contributed by atoms with van der Waals surface area (Å²) in [5.74, 6) is -0.405. The van der Waals surface area contributed by atoms with Gasteiger partial charge in [-0.15, -0.1) is 13.2 Å². The van der Waals surface area contributed by atoms with Gasteiger partial charge in [0.25, 0.3) is 0 Å². The molecule has 0 heterocycles. The van der Waals surface area contributed by atoms with E-state index in [2.05, 4.69) is 4.74 Å². The summed E-state index contributed by atoms with van der Waals surface area (Å²) in [6.45, 7) is 0. The van der Waals surface area contributed by atoms with Gasteiger partial charge in [-0.1, -0.05) is 12.1 Å². The Kier molecular flexibility index (Phi) is 3.23. The lowest BCUT2D eigenvalue weighted by molar-refractivity contribution is -0.274. The highest BCUT2D eigenvalue weighted by molar-refractivity contribution is 5.33. The van der Waals surface area contributed by atoms with Crippen LogP contribution in [0, 0.1) is 0 Å². The van der Waals surface area contributed by atoms with Crippen LogP contribution in [-0.2, 0) is 5.67 Å². The van der Waals surface area contributed by atoms with Gasteiger partial charge in [0.2, 0.25) is 0 Å². The molecule has 0 saturated heterocycles. The number of hydrogen-bond acceptors (Lipinski definition) is 2. The van der Waals surface area contributed by atoms with Gasteiger partial charge in [-0.25, -0.2) is 4.39 Å². The minimum absolute atomic E-state index is 0.127. The average Bonchev–Trinajstić information content (AvgIpc) is 2.58. The van der Waals surface area contributed by atoms with Crippen molar-refractivity contribution in [3.63, 3.8) is 0 Å². The predicted octanol–water partition coefficient (Wildman–Crippen LogP) is 3.26. The van der Waals surface area contributed by atoms with Gasteiger partial charge in [-0.05, 0) is 30.5 Å². The molecule has 1 fully saturated rings.